The summed E-state index contributed by atoms with van der Waals surface area (Å²) in [6, 6.07) is 8.76. The number of hydrogen-bond donors (Lipinski definition) is 1. The average molecular weight is 262 g/mol. The molecule has 0 fully saturated rings. The van der Waals surface area contributed by atoms with Crippen LogP contribution in [0.2, 0.25) is 0 Å². The topological polar surface area (TPSA) is 42.0 Å². The van der Waals surface area contributed by atoms with Gasteiger partial charge < -0.3 is 5.32 Å². The van der Waals surface area contributed by atoms with E-state index in [9.17, 15) is 13.6 Å². The van der Waals surface area contributed by atoms with Gasteiger partial charge in [-0.25, -0.2) is 8.78 Å². The van der Waals surface area contributed by atoms with Crippen molar-refractivity contribution in [1.29, 1.82) is 0 Å². The van der Waals surface area contributed by atoms with Gasteiger partial charge in [-0.1, -0.05) is 12.1 Å². The molecule has 0 radical (unpaired) electrons. The van der Waals surface area contributed by atoms with Gasteiger partial charge in [0.15, 0.2) is 0 Å². The average Bonchev–Trinajstić information content (AvgIpc) is 2.40. The van der Waals surface area contributed by atoms with Gasteiger partial charge in [-0.2, -0.15) is 0 Å². The molecule has 0 saturated carbocycles. The van der Waals surface area contributed by atoms with E-state index in [0.29, 0.717) is 6.42 Å². The zero-order valence-corrected chi connectivity index (χ0v) is 10.1. The highest BCUT2D eigenvalue weighted by Crippen LogP contribution is 2.11. The highest BCUT2D eigenvalue weighted by molar-refractivity contribution is 5.94. The largest absolute Gasteiger partial charge is 0.351 e. The molecule has 1 heterocycles. The molecule has 1 aromatic carbocycles. The maximum absolute atomic E-state index is 13.3. The molecule has 5 heteroatoms. The first-order valence-corrected chi connectivity index (χ1v) is 5.80. The summed E-state index contributed by atoms with van der Waals surface area (Å²) in [5, 5.41) is 2.47. The van der Waals surface area contributed by atoms with E-state index in [1.165, 1.54) is 6.07 Å². The maximum Gasteiger partial charge on any atom is 0.257 e. The summed E-state index contributed by atoms with van der Waals surface area (Å²) in [7, 11) is 0. The van der Waals surface area contributed by atoms with E-state index in [1.807, 2.05) is 12.1 Å². The van der Waals surface area contributed by atoms with Gasteiger partial charge in [0.2, 0.25) is 0 Å². The van der Waals surface area contributed by atoms with E-state index >= 15 is 0 Å². The number of carbonyl (C=O) groups is 1. The highest BCUT2D eigenvalue weighted by Gasteiger charge is 2.16. The second kappa shape index (κ2) is 6.04. The van der Waals surface area contributed by atoms with Gasteiger partial charge in [-0.15, -0.1) is 0 Å². The summed E-state index contributed by atoms with van der Waals surface area (Å²) in [6.07, 6.45) is 2.15. The van der Waals surface area contributed by atoms with Gasteiger partial charge >= 0.3 is 0 Å². The van der Waals surface area contributed by atoms with E-state index < -0.39 is 23.1 Å². The van der Waals surface area contributed by atoms with Crippen LogP contribution in [0.5, 0.6) is 0 Å². The number of pyridine rings is 1. The summed E-state index contributed by atoms with van der Waals surface area (Å²) in [4.78, 5) is 15.7. The quantitative estimate of drug-likeness (QED) is 0.918. The van der Waals surface area contributed by atoms with Gasteiger partial charge in [0, 0.05) is 24.9 Å². The molecule has 1 N–H and O–H groups in total. The lowest BCUT2D eigenvalue weighted by Crippen LogP contribution is -2.27. The predicted octanol–water partition coefficient (Wildman–Crippen LogP) is 2.33. The number of halogens is 2. The molecule has 0 spiro atoms. The Morgan fingerprint density at radius 1 is 1.11 bits per heavy atom. The first-order valence-electron chi connectivity index (χ1n) is 5.80. The molecular formula is C14H12F2N2O. The number of hydrogen-bond acceptors (Lipinski definition) is 2. The van der Waals surface area contributed by atoms with Crippen LogP contribution in [0.25, 0.3) is 0 Å². The van der Waals surface area contributed by atoms with Crippen LogP contribution >= 0.6 is 0 Å². The highest BCUT2D eigenvalue weighted by atomic mass is 19.1. The Hall–Kier alpha value is -2.30. The van der Waals surface area contributed by atoms with Crippen LogP contribution in [0.1, 0.15) is 16.1 Å². The van der Waals surface area contributed by atoms with Crippen LogP contribution < -0.4 is 5.32 Å². The molecule has 0 bridgehead atoms. The van der Waals surface area contributed by atoms with Gasteiger partial charge in [-0.3, -0.25) is 9.78 Å². The van der Waals surface area contributed by atoms with E-state index in [1.54, 1.807) is 12.3 Å². The monoisotopic (exact) mass is 262 g/mol. The molecule has 0 aliphatic rings. The summed E-state index contributed by atoms with van der Waals surface area (Å²) < 4.78 is 26.7. The van der Waals surface area contributed by atoms with Crippen LogP contribution in [0.3, 0.4) is 0 Å². The summed E-state index contributed by atoms with van der Waals surface area (Å²) in [6.45, 7) is 0.267. The molecule has 0 aliphatic heterocycles. The molecular weight excluding hydrogens is 250 g/mol. The predicted molar refractivity (Wildman–Crippen MR) is 66.6 cm³/mol. The Labute approximate surface area is 109 Å². The standard InChI is InChI=1S/C14H12F2N2O/c15-11-5-3-6-12(16)13(11)14(19)18-9-7-10-4-1-2-8-17-10/h1-6,8H,7,9H2,(H,18,19). The van der Waals surface area contributed by atoms with Crippen molar-refractivity contribution in [2.75, 3.05) is 6.54 Å². The van der Waals surface area contributed by atoms with Gasteiger partial charge in [0.1, 0.15) is 17.2 Å². The molecule has 0 atom stereocenters. The second-order valence-corrected chi connectivity index (χ2v) is 3.92. The van der Waals surface area contributed by atoms with Crippen LogP contribution in [0, 0.1) is 11.6 Å². The molecule has 0 saturated heterocycles. The van der Waals surface area contributed by atoms with Crippen molar-refractivity contribution in [3.8, 4) is 0 Å². The first-order chi connectivity index (χ1) is 9.18. The lowest BCUT2D eigenvalue weighted by Gasteiger charge is -2.06. The minimum Gasteiger partial charge on any atom is -0.351 e. The number of nitrogens with one attached hydrogen (secondary N) is 1. The molecule has 2 rings (SSSR count). The minimum absolute atomic E-state index is 0.267. The molecule has 1 amide bonds. The van der Waals surface area contributed by atoms with Gasteiger partial charge in [-0.05, 0) is 24.3 Å². The first kappa shape index (κ1) is 13.1. The van der Waals surface area contributed by atoms with Crippen LogP contribution in [0.15, 0.2) is 42.6 Å². The van der Waals surface area contributed by atoms with Crippen molar-refractivity contribution in [1.82, 2.24) is 10.3 Å². The molecule has 2 aromatic rings. The third kappa shape index (κ3) is 3.34. The smallest absolute Gasteiger partial charge is 0.257 e. The van der Waals surface area contributed by atoms with Crippen molar-refractivity contribution >= 4 is 5.91 Å². The Balaban J connectivity index is 1.95. The molecule has 3 nitrogen and oxygen atoms in total. The third-order valence-corrected chi connectivity index (χ3v) is 2.58. The van der Waals surface area contributed by atoms with E-state index in [2.05, 4.69) is 10.3 Å². The summed E-state index contributed by atoms with van der Waals surface area (Å²) >= 11 is 0. The van der Waals surface area contributed by atoms with Crippen LogP contribution in [-0.2, 0) is 6.42 Å². The Morgan fingerprint density at radius 3 is 2.47 bits per heavy atom. The third-order valence-electron chi connectivity index (χ3n) is 2.58. The minimum atomic E-state index is -0.865. The number of nitrogens with zero attached hydrogens (tertiary/aromatic N) is 1. The number of rotatable bonds is 4. The number of carbonyl (C=O) groups excluding carboxylic acids is 1. The van der Waals surface area contributed by atoms with Crippen LogP contribution in [-0.4, -0.2) is 17.4 Å². The van der Waals surface area contributed by atoms with Crippen molar-refractivity contribution in [2.24, 2.45) is 0 Å². The lowest BCUT2D eigenvalue weighted by molar-refractivity contribution is 0.0945. The van der Waals surface area contributed by atoms with Crippen LogP contribution in [0.4, 0.5) is 8.78 Å². The number of benzene rings is 1. The van der Waals surface area contributed by atoms with E-state index in [0.717, 1.165) is 17.8 Å². The number of aromatic nitrogens is 1. The van der Waals surface area contributed by atoms with Crippen molar-refractivity contribution in [3.05, 3.63) is 65.5 Å². The molecule has 1 aromatic heterocycles. The fourth-order valence-corrected chi connectivity index (χ4v) is 1.65. The maximum atomic E-state index is 13.3. The zero-order valence-electron chi connectivity index (χ0n) is 10.1. The van der Waals surface area contributed by atoms with Crippen molar-refractivity contribution < 1.29 is 13.6 Å². The Bertz CT molecular complexity index is 553. The fraction of sp³-hybridized carbons (Fsp3) is 0.143. The molecule has 98 valence electrons. The molecule has 19 heavy (non-hydrogen) atoms. The normalized spacial score (nSPS) is 10.2. The van der Waals surface area contributed by atoms with Crippen molar-refractivity contribution in [3.63, 3.8) is 0 Å². The molecule has 0 unspecified atom stereocenters. The lowest BCUT2D eigenvalue weighted by atomic mass is 10.2. The summed E-state index contributed by atoms with van der Waals surface area (Å²) in [5.41, 5.74) is 0.250. The Kier molecular flexibility index (Phi) is 4.18. The van der Waals surface area contributed by atoms with E-state index in [4.69, 9.17) is 0 Å². The zero-order chi connectivity index (χ0) is 13.7. The Morgan fingerprint density at radius 2 is 1.84 bits per heavy atom. The van der Waals surface area contributed by atoms with E-state index in [-0.39, 0.29) is 6.54 Å². The van der Waals surface area contributed by atoms with Crippen molar-refractivity contribution in [2.45, 2.75) is 6.42 Å². The SMILES string of the molecule is O=C(NCCc1ccccn1)c1c(F)cccc1F. The second-order valence-electron chi connectivity index (χ2n) is 3.92. The molecule has 0 aliphatic carbocycles. The summed E-state index contributed by atoms with van der Waals surface area (Å²) in [5.74, 6) is -2.49. The fourth-order valence-electron chi connectivity index (χ4n) is 1.65. The number of amides is 1. The van der Waals surface area contributed by atoms with Gasteiger partial charge in [0.05, 0.1) is 0 Å². The van der Waals surface area contributed by atoms with Gasteiger partial charge in [0.25, 0.3) is 5.91 Å².